The van der Waals surface area contributed by atoms with E-state index in [1.165, 1.54) is 11.8 Å². The van der Waals surface area contributed by atoms with E-state index in [0.29, 0.717) is 16.7 Å². The third-order valence-electron chi connectivity index (χ3n) is 4.39. The van der Waals surface area contributed by atoms with Crippen molar-refractivity contribution in [1.29, 1.82) is 0 Å². The van der Waals surface area contributed by atoms with E-state index in [-0.39, 0.29) is 11.7 Å². The van der Waals surface area contributed by atoms with Gasteiger partial charge in [-0.1, -0.05) is 55.1 Å². The van der Waals surface area contributed by atoms with E-state index in [4.69, 9.17) is 4.42 Å². The van der Waals surface area contributed by atoms with Crippen molar-refractivity contribution in [2.45, 2.75) is 18.5 Å². The van der Waals surface area contributed by atoms with Crippen LogP contribution in [0.5, 0.6) is 0 Å². The number of aromatic nitrogens is 3. The fraction of sp³-hybridized carbons (Fsp3) is 0.136. The van der Waals surface area contributed by atoms with Crippen LogP contribution in [0.25, 0.3) is 17.3 Å². The first kappa shape index (κ1) is 19.0. The average Bonchev–Trinajstić information content (AvgIpc) is 3.43. The normalized spacial score (nSPS) is 10.8. The van der Waals surface area contributed by atoms with Crippen molar-refractivity contribution in [3.05, 3.63) is 78.6 Å². The molecule has 4 aromatic rings. The molecule has 0 fully saturated rings. The molecule has 29 heavy (non-hydrogen) atoms. The first-order valence-corrected chi connectivity index (χ1v) is 10.3. The van der Waals surface area contributed by atoms with Gasteiger partial charge in [0.15, 0.2) is 10.9 Å². The summed E-state index contributed by atoms with van der Waals surface area (Å²) in [5, 5.41) is 12.2. The Labute approximate surface area is 173 Å². The van der Waals surface area contributed by atoms with Crippen molar-refractivity contribution in [2.75, 3.05) is 11.1 Å². The molecule has 0 aliphatic heterocycles. The zero-order chi connectivity index (χ0) is 20.1. The minimum atomic E-state index is -0.0851. The number of nitrogens with zero attached hydrogens (tertiary/aromatic N) is 3. The van der Waals surface area contributed by atoms with Crippen molar-refractivity contribution in [3.8, 4) is 17.3 Å². The number of furan rings is 1. The number of anilines is 1. The summed E-state index contributed by atoms with van der Waals surface area (Å²) in [6.45, 7) is 2.07. The van der Waals surface area contributed by atoms with Crippen LogP contribution in [0.15, 0.2) is 82.6 Å². The zero-order valence-corrected chi connectivity index (χ0v) is 16.7. The summed E-state index contributed by atoms with van der Waals surface area (Å²) in [5.74, 6) is 1.36. The van der Waals surface area contributed by atoms with Crippen molar-refractivity contribution >= 4 is 23.4 Å². The molecule has 2 heterocycles. The van der Waals surface area contributed by atoms with Crippen molar-refractivity contribution in [2.24, 2.45) is 0 Å². The summed E-state index contributed by atoms with van der Waals surface area (Å²) in [5.41, 5.74) is 2.86. The second-order valence-corrected chi connectivity index (χ2v) is 7.24. The molecule has 0 saturated carbocycles. The maximum Gasteiger partial charge on any atom is 0.234 e. The van der Waals surface area contributed by atoms with E-state index < -0.39 is 0 Å². The smallest absolute Gasteiger partial charge is 0.234 e. The lowest BCUT2D eigenvalue weighted by molar-refractivity contribution is -0.113. The Morgan fingerprint density at radius 3 is 2.59 bits per heavy atom. The van der Waals surface area contributed by atoms with Gasteiger partial charge in [-0.25, -0.2) is 0 Å². The molecule has 0 aliphatic carbocycles. The minimum absolute atomic E-state index is 0.0851. The van der Waals surface area contributed by atoms with Gasteiger partial charge in [0.2, 0.25) is 11.7 Å². The Balaban J connectivity index is 1.55. The van der Waals surface area contributed by atoms with Crippen LogP contribution >= 0.6 is 11.8 Å². The molecule has 6 nitrogen and oxygen atoms in total. The van der Waals surface area contributed by atoms with Crippen molar-refractivity contribution in [3.63, 3.8) is 0 Å². The number of rotatable bonds is 7. The van der Waals surface area contributed by atoms with Gasteiger partial charge in [-0.05, 0) is 42.3 Å². The number of carbonyl (C=O) groups excluding carboxylic acids is 1. The van der Waals surface area contributed by atoms with Gasteiger partial charge in [-0.15, -0.1) is 10.2 Å². The summed E-state index contributed by atoms with van der Waals surface area (Å²) >= 11 is 1.34. The van der Waals surface area contributed by atoms with Gasteiger partial charge >= 0.3 is 0 Å². The summed E-state index contributed by atoms with van der Waals surface area (Å²) in [7, 11) is 0. The molecule has 7 heteroatoms. The lowest BCUT2D eigenvalue weighted by atomic mass is 10.1. The van der Waals surface area contributed by atoms with Gasteiger partial charge < -0.3 is 9.73 Å². The van der Waals surface area contributed by atoms with E-state index in [0.717, 1.165) is 23.4 Å². The summed E-state index contributed by atoms with van der Waals surface area (Å²) in [6.07, 6.45) is 2.46. The van der Waals surface area contributed by atoms with Crippen LogP contribution < -0.4 is 5.32 Å². The van der Waals surface area contributed by atoms with E-state index in [1.807, 2.05) is 71.3 Å². The van der Waals surface area contributed by atoms with Crippen molar-refractivity contribution < 1.29 is 9.21 Å². The Kier molecular flexibility index (Phi) is 5.76. The molecule has 0 radical (unpaired) electrons. The first-order chi connectivity index (χ1) is 14.3. The van der Waals surface area contributed by atoms with E-state index in [2.05, 4.69) is 22.4 Å². The number of amides is 1. The maximum atomic E-state index is 12.5. The molecular formula is C22H20N4O2S. The molecule has 146 valence electrons. The number of thioether (sulfide) groups is 1. The fourth-order valence-corrected chi connectivity index (χ4v) is 3.76. The monoisotopic (exact) mass is 404 g/mol. The number of hydrogen-bond donors (Lipinski definition) is 1. The molecule has 1 amide bonds. The van der Waals surface area contributed by atoms with Crippen LogP contribution in [-0.4, -0.2) is 26.4 Å². The summed E-state index contributed by atoms with van der Waals surface area (Å²) in [4.78, 5) is 12.5. The van der Waals surface area contributed by atoms with Gasteiger partial charge in [0.1, 0.15) is 0 Å². The third kappa shape index (κ3) is 4.25. The minimum Gasteiger partial charge on any atom is -0.461 e. The number of nitrogens with one attached hydrogen (secondary N) is 1. The average molecular weight is 404 g/mol. The highest BCUT2D eigenvalue weighted by Gasteiger charge is 2.19. The van der Waals surface area contributed by atoms with Gasteiger partial charge in [-0.2, -0.15) is 0 Å². The second-order valence-electron chi connectivity index (χ2n) is 6.30. The van der Waals surface area contributed by atoms with Gasteiger partial charge in [0.05, 0.1) is 12.0 Å². The highest BCUT2D eigenvalue weighted by atomic mass is 32.2. The predicted octanol–water partition coefficient (Wildman–Crippen LogP) is 4.82. The lowest BCUT2D eigenvalue weighted by Crippen LogP contribution is -2.15. The van der Waals surface area contributed by atoms with Crippen molar-refractivity contribution in [1.82, 2.24) is 14.8 Å². The summed E-state index contributed by atoms with van der Waals surface area (Å²) < 4.78 is 7.41. The molecule has 0 bridgehead atoms. The number of hydrogen-bond acceptors (Lipinski definition) is 5. The van der Waals surface area contributed by atoms with Crippen LogP contribution in [-0.2, 0) is 11.2 Å². The Morgan fingerprint density at radius 2 is 1.83 bits per heavy atom. The molecule has 0 aliphatic rings. The number of para-hydroxylation sites is 2. The molecule has 0 unspecified atom stereocenters. The lowest BCUT2D eigenvalue weighted by Gasteiger charge is -2.10. The second kappa shape index (κ2) is 8.79. The SMILES string of the molecule is CCc1ccccc1NC(=O)CSc1nnc(-c2ccco2)n1-c1ccccc1. The largest absolute Gasteiger partial charge is 0.461 e. The highest BCUT2D eigenvalue weighted by molar-refractivity contribution is 7.99. The molecule has 0 spiro atoms. The molecule has 2 aromatic carbocycles. The first-order valence-electron chi connectivity index (χ1n) is 9.31. The van der Waals surface area contributed by atoms with E-state index >= 15 is 0 Å². The predicted molar refractivity (Wildman–Crippen MR) is 114 cm³/mol. The highest BCUT2D eigenvalue weighted by Crippen LogP contribution is 2.28. The zero-order valence-electron chi connectivity index (χ0n) is 15.9. The van der Waals surface area contributed by atoms with Gasteiger partial charge in [-0.3, -0.25) is 9.36 Å². The molecular weight excluding hydrogens is 384 g/mol. The number of benzene rings is 2. The van der Waals surface area contributed by atoms with Crippen LogP contribution in [0.1, 0.15) is 12.5 Å². The third-order valence-corrected chi connectivity index (χ3v) is 5.32. The fourth-order valence-electron chi connectivity index (χ4n) is 3.01. The van der Waals surface area contributed by atoms with Crippen LogP contribution in [0.3, 0.4) is 0 Å². The number of aryl methyl sites for hydroxylation is 1. The van der Waals surface area contributed by atoms with E-state index in [1.54, 1.807) is 6.26 Å². The molecule has 1 N–H and O–H groups in total. The quantitative estimate of drug-likeness (QED) is 0.447. The number of carbonyl (C=O) groups is 1. The van der Waals surface area contributed by atoms with Gasteiger partial charge in [0, 0.05) is 11.4 Å². The standard InChI is InChI=1S/C22H20N4O2S/c1-2-16-9-6-7-12-18(16)23-20(27)15-29-22-25-24-21(19-13-8-14-28-19)26(22)17-10-4-3-5-11-17/h3-14H,2,15H2,1H3,(H,23,27). The molecule has 4 rings (SSSR count). The Bertz CT molecular complexity index is 1090. The molecule has 0 saturated heterocycles. The van der Waals surface area contributed by atoms with Gasteiger partial charge in [0.25, 0.3) is 0 Å². The molecule has 2 aromatic heterocycles. The summed E-state index contributed by atoms with van der Waals surface area (Å²) in [6, 6.07) is 21.3. The van der Waals surface area contributed by atoms with Crippen LogP contribution in [0, 0.1) is 0 Å². The van der Waals surface area contributed by atoms with Crippen LogP contribution in [0.2, 0.25) is 0 Å². The molecule has 0 atom stereocenters. The van der Waals surface area contributed by atoms with E-state index in [9.17, 15) is 4.79 Å². The topological polar surface area (TPSA) is 73.0 Å². The Hall–Kier alpha value is -3.32. The Morgan fingerprint density at radius 1 is 1.03 bits per heavy atom. The van der Waals surface area contributed by atoms with Crippen LogP contribution in [0.4, 0.5) is 5.69 Å². The maximum absolute atomic E-state index is 12.5.